The molecule has 1 N–H and O–H groups in total. The minimum Gasteiger partial charge on any atom is -0.458 e. The summed E-state index contributed by atoms with van der Waals surface area (Å²) in [5, 5.41) is 8.69. The van der Waals surface area contributed by atoms with Crippen molar-refractivity contribution >= 4 is 5.97 Å². The molecule has 0 saturated carbocycles. The molecule has 1 rings (SSSR count). The van der Waals surface area contributed by atoms with Gasteiger partial charge in [-0.15, -0.1) is 0 Å². The zero-order valence-electron chi connectivity index (χ0n) is 8.67. The number of aliphatic hydroxyl groups is 1. The van der Waals surface area contributed by atoms with Gasteiger partial charge in [-0.25, -0.2) is 18.0 Å². The molecule has 0 unspecified atom stereocenters. The van der Waals surface area contributed by atoms with Gasteiger partial charge < -0.3 is 9.84 Å². The summed E-state index contributed by atoms with van der Waals surface area (Å²) in [5.41, 5.74) is -1.68. The van der Waals surface area contributed by atoms with Crippen LogP contribution < -0.4 is 0 Å². The molecule has 1 aromatic carbocycles. The maximum absolute atomic E-state index is 13.5. The SMILES string of the molecule is C=CCOC(=O)c1cc(F)c(F)c(CO)c1F. The third kappa shape index (κ3) is 2.65. The Morgan fingerprint density at radius 2 is 2.06 bits per heavy atom. The van der Waals surface area contributed by atoms with Crippen LogP contribution in [-0.4, -0.2) is 17.7 Å². The second kappa shape index (κ2) is 5.49. The first-order valence-corrected chi connectivity index (χ1v) is 4.58. The number of halogens is 3. The molecule has 0 aromatic heterocycles. The van der Waals surface area contributed by atoms with Crippen LogP contribution in [0.15, 0.2) is 18.7 Å². The highest BCUT2D eigenvalue weighted by Gasteiger charge is 2.22. The summed E-state index contributed by atoms with van der Waals surface area (Å²) in [5.74, 6) is -5.44. The molecule has 6 heteroatoms. The molecule has 0 aliphatic heterocycles. The van der Waals surface area contributed by atoms with E-state index >= 15 is 0 Å². The van der Waals surface area contributed by atoms with Crippen molar-refractivity contribution < 1.29 is 27.8 Å². The molecule has 0 fully saturated rings. The number of rotatable bonds is 4. The van der Waals surface area contributed by atoms with Crippen molar-refractivity contribution in [2.75, 3.05) is 6.61 Å². The lowest BCUT2D eigenvalue weighted by atomic mass is 10.1. The molecule has 17 heavy (non-hydrogen) atoms. The van der Waals surface area contributed by atoms with Gasteiger partial charge in [0, 0.05) is 0 Å². The number of carbonyl (C=O) groups excluding carboxylic acids is 1. The lowest BCUT2D eigenvalue weighted by Crippen LogP contribution is -2.12. The maximum atomic E-state index is 13.5. The molecule has 0 saturated heterocycles. The lowest BCUT2D eigenvalue weighted by molar-refractivity contribution is 0.0543. The minimum atomic E-state index is -1.52. The van der Waals surface area contributed by atoms with Crippen molar-refractivity contribution in [2.45, 2.75) is 6.61 Å². The highest BCUT2D eigenvalue weighted by Crippen LogP contribution is 2.21. The fraction of sp³-hybridized carbons (Fsp3) is 0.182. The molecule has 0 atom stereocenters. The number of carbonyl (C=O) groups is 1. The number of benzene rings is 1. The fourth-order valence-corrected chi connectivity index (χ4v) is 1.16. The molecule has 3 nitrogen and oxygen atoms in total. The van der Waals surface area contributed by atoms with Gasteiger partial charge >= 0.3 is 5.97 Å². The Bertz CT molecular complexity index is 458. The second-order valence-corrected chi connectivity index (χ2v) is 3.06. The van der Waals surface area contributed by atoms with E-state index in [1.165, 1.54) is 6.08 Å². The Morgan fingerprint density at radius 1 is 1.41 bits per heavy atom. The summed E-state index contributed by atoms with van der Waals surface area (Å²) in [6, 6.07) is 0.384. The van der Waals surface area contributed by atoms with Gasteiger partial charge in [0.05, 0.1) is 17.7 Å². The van der Waals surface area contributed by atoms with Gasteiger partial charge in [-0.05, 0) is 6.07 Å². The van der Waals surface area contributed by atoms with Gasteiger partial charge in [-0.1, -0.05) is 12.7 Å². The molecule has 0 radical (unpaired) electrons. The summed E-state index contributed by atoms with van der Waals surface area (Å²) in [4.78, 5) is 11.3. The van der Waals surface area contributed by atoms with Gasteiger partial charge in [-0.3, -0.25) is 0 Å². The zero-order chi connectivity index (χ0) is 13.0. The Kier molecular flexibility index (Phi) is 4.28. The Labute approximate surface area is 95.1 Å². The predicted octanol–water partition coefficient (Wildman–Crippen LogP) is 1.94. The largest absolute Gasteiger partial charge is 0.458 e. The number of aliphatic hydroxyl groups excluding tert-OH is 1. The first-order valence-electron chi connectivity index (χ1n) is 4.58. The standard InChI is InChI=1S/C11H9F3O3/c1-2-3-17-11(16)6-4-8(12)10(14)7(5-15)9(6)13/h2,4,15H,1,3,5H2. The molecular weight excluding hydrogens is 237 g/mol. The average Bonchev–Trinajstić information content (AvgIpc) is 2.31. The van der Waals surface area contributed by atoms with E-state index in [0.717, 1.165) is 0 Å². The van der Waals surface area contributed by atoms with Gasteiger partial charge in [0.1, 0.15) is 12.4 Å². The highest BCUT2D eigenvalue weighted by molar-refractivity contribution is 5.90. The fourth-order valence-electron chi connectivity index (χ4n) is 1.16. The lowest BCUT2D eigenvalue weighted by Gasteiger charge is -2.08. The van der Waals surface area contributed by atoms with E-state index in [1.54, 1.807) is 0 Å². The van der Waals surface area contributed by atoms with E-state index < -0.39 is 41.2 Å². The summed E-state index contributed by atoms with van der Waals surface area (Å²) in [7, 11) is 0. The van der Waals surface area contributed by atoms with Gasteiger partial charge in [0.15, 0.2) is 11.6 Å². The molecule has 0 aliphatic carbocycles. The molecule has 0 spiro atoms. The monoisotopic (exact) mass is 246 g/mol. The average molecular weight is 246 g/mol. The highest BCUT2D eigenvalue weighted by atomic mass is 19.2. The van der Waals surface area contributed by atoms with Crippen molar-refractivity contribution in [2.24, 2.45) is 0 Å². The smallest absolute Gasteiger partial charge is 0.341 e. The summed E-state index contributed by atoms with van der Waals surface area (Å²) < 4.78 is 44.0. The number of esters is 1. The van der Waals surface area contributed by atoms with Crippen molar-refractivity contribution in [3.8, 4) is 0 Å². The zero-order valence-corrected chi connectivity index (χ0v) is 8.67. The van der Waals surface area contributed by atoms with Crippen LogP contribution in [0.5, 0.6) is 0 Å². The number of hydrogen-bond donors (Lipinski definition) is 1. The van der Waals surface area contributed by atoms with Crippen molar-refractivity contribution in [1.29, 1.82) is 0 Å². The van der Waals surface area contributed by atoms with Crippen LogP contribution in [-0.2, 0) is 11.3 Å². The normalized spacial score (nSPS) is 10.1. The maximum Gasteiger partial charge on any atom is 0.341 e. The number of hydrogen-bond acceptors (Lipinski definition) is 3. The third-order valence-electron chi connectivity index (χ3n) is 1.96. The minimum absolute atomic E-state index is 0.189. The van der Waals surface area contributed by atoms with Crippen LogP contribution in [0.4, 0.5) is 13.2 Å². The third-order valence-corrected chi connectivity index (χ3v) is 1.96. The molecule has 1 aromatic rings. The van der Waals surface area contributed by atoms with Gasteiger partial charge in [-0.2, -0.15) is 0 Å². The van der Waals surface area contributed by atoms with E-state index in [0.29, 0.717) is 6.07 Å². The van der Waals surface area contributed by atoms with Gasteiger partial charge in [0.2, 0.25) is 0 Å². The first-order chi connectivity index (χ1) is 8.02. The predicted molar refractivity (Wildman–Crippen MR) is 52.7 cm³/mol. The van der Waals surface area contributed by atoms with Gasteiger partial charge in [0.25, 0.3) is 0 Å². The molecule has 0 amide bonds. The Hall–Kier alpha value is -1.82. The van der Waals surface area contributed by atoms with Crippen LogP contribution in [0.1, 0.15) is 15.9 Å². The van der Waals surface area contributed by atoms with E-state index in [9.17, 15) is 18.0 Å². The van der Waals surface area contributed by atoms with Crippen LogP contribution in [0.3, 0.4) is 0 Å². The Balaban J connectivity index is 3.21. The molecule has 0 heterocycles. The Morgan fingerprint density at radius 3 is 2.59 bits per heavy atom. The summed E-state index contributed by atoms with van der Waals surface area (Å²) >= 11 is 0. The van der Waals surface area contributed by atoms with Crippen molar-refractivity contribution in [3.05, 3.63) is 47.3 Å². The first kappa shape index (κ1) is 13.2. The van der Waals surface area contributed by atoms with Crippen LogP contribution in [0.2, 0.25) is 0 Å². The van der Waals surface area contributed by atoms with E-state index in [1.807, 2.05) is 0 Å². The molecule has 0 aliphatic rings. The molecule has 0 bridgehead atoms. The topological polar surface area (TPSA) is 46.5 Å². The van der Waals surface area contributed by atoms with E-state index in [2.05, 4.69) is 11.3 Å². The molecular formula is C11H9F3O3. The number of ether oxygens (including phenoxy) is 1. The van der Waals surface area contributed by atoms with Crippen molar-refractivity contribution in [1.82, 2.24) is 0 Å². The van der Waals surface area contributed by atoms with Crippen LogP contribution in [0.25, 0.3) is 0 Å². The van der Waals surface area contributed by atoms with Crippen LogP contribution >= 0.6 is 0 Å². The molecule has 92 valence electrons. The second-order valence-electron chi connectivity index (χ2n) is 3.06. The van der Waals surface area contributed by atoms with E-state index in [4.69, 9.17) is 5.11 Å². The van der Waals surface area contributed by atoms with Crippen molar-refractivity contribution in [3.63, 3.8) is 0 Å². The quantitative estimate of drug-likeness (QED) is 0.501. The van der Waals surface area contributed by atoms with Crippen LogP contribution in [0, 0.1) is 17.5 Å². The summed E-state index contributed by atoms with van der Waals surface area (Å²) in [6.45, 7) is 2.02. The summed E-state index contributed by atoms with van der Waals surface area (Å²) in [6.07, 6.45) is 1.24. The van der Waals surface area contributed by atoms with E-state index in [-0.39, 0.29) is 6.61 Å².